The summed E-state index contributed by atoms with van der Waals surface area (Å²) >= 11 is 3.13. The van der Waals surface area contributed by atoms with Crippen molar-refractivity contribution in [1.29, 1.82) is 0 Å². The number of phenolic OH excluding ortho intramolecular Hbond substituents is 1. The van der Waals surface area contributed by atoms with Crippen molar-refractivity contribution in [2.75, 3.05) is 6.54 Å². The van der Waals surface area contributed by atoms with Crippen molar-refractivity contribution >= 4 is 27.8 Å². The second kappa shape index (κ2) is 6.74. The average Bonchev–Trinajstić information content (AvgIpc) is 2.43. The zero-order chi connectivity index (χ0) is 15.3. The largest absolute Gasteiger partial charge is 0.507 e. The molecule has 0 aromatic heterocycles. The van der Waals surface area contributed by atoms with Crippen molar-refractivity contribution in [3.63, 3.8) is 0 Å². The molecule has 0 aliphatic carbocycles. The van der Waals surface area contributed by atoms with E-state index in [9.17, 15) is 19.8 Å². The minimum atomic E-state index is -0.951. The molecule has 0 saturated carbocycles. The van der Waals surface area contributed by atoms with Gasteiger partial charge in [-0.1, -0.05) is 13.8 Å². The number of aromatic hydroxyl groups is 1. The lowest BCUT2D eigenvalue weighted by Crippen LogP contribution is -2.42. The van der Waals surface area contributed by atoms with Crippen molar-refractivity contribution in [2.24, 2.45) is 5.41 Å². The van der Waals surface area contributed by atoms with Gasteiger partial charge >= 0.3 is 5.97 Å². The smallest absolute Gasteiger partial charge is 0.311 e. The number of carboxylic acids is 1. The number of halogens is 1. The molecule has 5 nitrogen and oxygen atoms in total. The molecule has 1 amide bonds. The molecule has 110 valence electrons. The predicted molar refractivity (Wildman–Crippen MR) is 78.8 cm³/mol. The molecule has 0 aliphatic rings. The topological polar surface area (TPSA) is 86.6 Å². The molecule has 0 saturated heterocycles. The highest BCUT2D eigenvalue weighted by molar-refractivity contribution is 9.10. The fourth-order valence-electron chi connectivity index (χ4n) is 1.88. The summed E-state index contributed by atoms with van der Waals surface area (Å²) in [6, 6.07) is 4.45. The quantitative estimate of drug-likeness (QED) is 0.741. The molecule has 1 rings (SSSR count). The molecule has 1 aromatic carbocycles. The van der Waals surface area contributed by atoms with E-state index in [0.29, 0.717) is 17.3 Å². The molecule has 0 heterocycles. The van der Waals surface area contributed by atoms with Crippen LogP contribution in [0.1, 0.15) is 37.0 Å². The van der Waals surface area contributed by atoms with Gasteiger partial charge in [0.25, 0.3) is 5.91 Å². The molecule has 1 aromatic rings. The van der Waals surface area contributed by atoms with Gasteiger partial charge in [0, 0.05) is 12.1 Å². The Labute approximate surface area is 126 Å². The molecule has 20 heavy (non-hydrogen) atoms. The van der Waals surface area contributed by atoms with Gasteiger partial charge in [0.15, 0.2) is 0 Å². The van der Waals surface area contributed by atoms with Gasteiger partial charge in [-0.3, -0.25) is 9.59 Å². The molecular formula is C14H18BrNO4. The number of carbonyl (C=O) groups excluding carboxylic acids is 1. The molecule has 0 unspecified atom stereocenters. The fourth-order valence-corrected chi connectivity index (χ4v) is 2.13. The predicted octanol–water partition coefficient (Wildman–Crippen LogP) is 2.78. The van der Waals surface area contributed by atoms with Crippen LogP contribution >= 0.6 is 15.9 Å². The van der Waals surface area contributed by atoms with Crippen LogP contribution in [0.5, 0.6) is 5.75 Å². The second-order valence-electron chi connectivity index (χ2n) is 4.64. The molecule has 0 atom stereocenters. The Morgan fingerprint density at radius 3 is 2.35 bits per heavy atom. The zero-order valence-corrected chi connectivity index (χ0v) is 13.0. The number of hydrogen-bond acceptors (Lipinski definition) is 3. The number of rotatable bonds is 6. The van der Waals surface area contributed by atoms with E-state index in [0.717, 1.165) is 0 Å². The minimum absolute atomic E-state index is 0.0341. The molecule has 0 bridgehead atoms. The van der Waals surface area contributed by atoms with E-state index >= 15 is 0 Å². The van der Waals surface area contributed by atoms with Crippen LogP contribution in [0.2, 0.25) is 0 Å². The highest BCUT2D eigenvalue weighted by atomic mass is 79.9. The molecule has 0 fully saturated rings. The van der Waals surface area contributed by atoms with Crippen LogP contribution in [-0.4, -0.2) is 28.6 Å². The Bertz CT molecular complexity index is 512. The van der Waals surface area contributed by atoms with E-state index < -0.39 is 17.3 Å². The van der Waals surface area contributed by atoms with Gasteiger partial charge < -0.3 is 15.5 Å². The number of benzene rings is 1. The first-order valence-electron chi connectivity index (χ1n) is 6.36. The molecule has 0 aliphatic heterocycles. The third-order valence-electron chi connectivity index (χ3n) is 3.60. The first-order chi connectivity index (χ1) is 9.36. The standard InChI is InChI=1S/C14H18BrNO4/c1-3-14(4-2,13(19)20)8-16-12(18)9-5-6-10(15)11(17)7-9/h5-7,17H,3-4,8H2,1-2H3,(H,16,18)(H,19,20). The van der Waals surface area contributed by atoms with Crippen molar-refractivity contribution < 1.29 is 19.8 Å². The maximum absolute atomic E-state index is 12.0. The number of aliphatic carboxylic acids is 1. The maximum Gasteiger partial charge on any atom is 0.311 e. The number of nitrogens with one attached hydrogen (secondary N) is 1. The second-order valence-corrected chi connectivity index (χ2v) is 5.50. The maximum atomic E-state index is 12.0. The summed E-state index contributed by atoms with van der Waals surface area (Å²) in [5.41, 5.74) is -0.662. The van der Waals surface area contributed by atoms with Gasteiger partial charge in [-0.25, -0.2) is 0 Å². The van der Waals surface area contributed by atoms with Crippen LogP contribution < -0.4 is 5.32 Å². The average molecular weight is 344 g/mol. The third kappa shape index (κ3) is 3.50. The summed E-state index contributed by atoms with van der Waals surface area (Å²) in [7, 11) is 0. The normalized spacial score (nSPS) is 11.2. The Hall–Kier alpha value is -1.56. The first-order valence-corrected chi connectivity index (χ1v) is 7.15. The van der Waals surface area contributed by atoms with Gasteiger partial charge in [-0.05, 0) is 47.0 Å². The Morgan fingerprint density at radius 2 is 1.90 bits per heavy atom. The van der Waals surface area contributed by atoms with Crippen molar-refractivity contribution in [2.45, 2.75) is 26.7 Å². The van der Waals surface area contributed by atoms with Crippen molar-refractivity contribution in [3.8, 4) is 5.75 Å². The van der Waals surface area contributed by atoms with Crippen molar-refractivity contribution in [3.05, 3.63) is 28.2 Å². The minimum Gasteiger partial charge on any atom is -0.507 e. The van der Waals surface area contributed by atoms with Gasteiger partial charge in [-0.2, -0.15) is 0 Å². The van der Waals surface area contributed by atoms with E-state index in [2.05, 4.69) is 21.2 Å². The Morgan fingerprint density at radius 1 is 1.30 bits per heavy atom. The van der Waals surface area contributed by atoms with Gasteiger partial charge in [0.1, 0.15) is 5.75 Å². The Balaban J connectivity index is 2.80. The zero-order valence-electron chi connectivity index (χ0n) is 11.4. The van der Waals surface area contributed by atoms with E-state index in [-0.39, 0.29) is 17.9 Å². The van der Waals surface area contributed by atoms with Gasteiger partial charge in [0.05, 0.1) is 9.89 Å². The third-order valence-corrected chi connectivity index (χ3v) is 4.27. The number of phenols is 1. The molecule has 0 radical (unpaired) electrons. The van der Waals surface area contributed by atoms with Crippen LogP contribution in [0.15, 0.2) is 22.7 Å². The molecule has 3 N–H and O–H groups in total. The summed E-state index contributed by atoms with van der Waals surface area (Å²) in [6.07, 6.45) is 0.870. The van der Waals surface area contributed by atoms with E-state index in [4.69, 9.17) is 0 Å². The summed E-state index contributed by atoms with van der Waals surface area (Å²) in [5, 5.41) is 21.5. The number of carboxylic acid groups (broad SMARTS) is 1. The van der Waals surface area contributed by atoms with Crippen LogP contribution in [0.4, 0.5) is 0 Å². The molecule has 0 spiro atoms. The van der Waals surface area contributed by atoms with Crippen LogP contribution in [0, 0.1) is 5.41 Å². The highest BCUT2D eigenvalue weighted by Crippen LogP contribution is 2.27. The van der Waals surface area contributed by atoms with Crippen LogP contribution in [0.25, 0.3) is 0 Å². The monoisotopic (exact) mass is 343 g/mol. The highest BCUT2D eigenvalue weighted by Gasteiger charge is 2.35. The number of amides is 1. The summed E-state index contributed by atoms with van der Waals surface area (Å²) in [6.45, 7) is 3.63. The molecule has 6 heteroatoms. The lowest BCUT2D eigenvalue weighted by Gasteiger charge is -2.26. The Kier molecular flexibility index (Phi) is 5.56. The van der Waals surface area contributed by atoms with Crippen molar-refractivity contribution in [1.82, 2.24) is 5.32 Å². The summed E-state index contributed by atoms with van der Waals surface area (Å²) in [4.78, 5) is 23.3. The number of carbonyl (C=O) groups is 2. The SMILES string of the molecule is CCC(CC)(CNC(=O)c1ccc(Br)c(O)c1)C(=O)O. The lowest BCUT2D eigenvalue weighted by atomic mass is 9.82. The molecular weight excluding hydrogens is 326 g/mol. The van der Waals surface area contributed by atoms with Gasteiger partial charge in [0.2, 0.25) is 0 Å². The number of hydrogen-bond donors (Lipinski definition) is 3. The lowest BCUT2D eigenvalue weighted by molar-refractivity contribution is -0.149. The van der Waals surface area contributed by atoms with E-state index in [1.165, 1.54) is 6.07 Å². The summed E-state index contributed by atoms with van der Waals surface area (Å²) in [5.74, 6) is -1.35. The fraction of sp³-hybridized carbons (Fsp3) is 0.429. The first kappa shape index (κ1) is 16.5. The van der Waals surface area contributed by atoms with Crippen LogP contribution in [-0.2, 0) is 4.79 Å². The van der Waals surface area contributed by atoms with Gasteiger partial charge in [-0.15, -0.1) is 0 Å². The van der Waals surface area contributed by atoms with E-state index in [1.807, 2.05) is 0 Å². The van der Waals surface area contributed by atoms with Crippen LogP contribution in [0.3, 0.4) is 0 Å². The summed E-state index contributed by atoms with van der Waals surface area (Å²) < 4.78 is 0.496. The van der Waals surface area contributed by atoms with E-state index in [1.54, 1.807) is 26.0 Å².